The number of aliphatic hydroxyl groups is 1. The van der Waals surface area contributed by atoms with E-state index < -0.39 is 11.9 Å². The Hall–Kier alpha value is -3.06. The molecule has 1 unspecified atom stereocenters. The van der Waals surface area contributed by atoms with Gasteiger partial charge in [0, 0.05) is 18.4 Å². The van der Waals surface area contributed by atoms with E-state index in [1.165, 1.54) is 18.2 Å². The van der Waals surface area contributed by atoms with Crippen LogP contribution in [0.1, 0.15) is 23.2 Å². The summed E-state index contributed by atoms with van der Waals surface area (Å²) in [4.78, 5) is 10.2. The number of aromatic amines is 1. The van der Waals surface area contributed by atoms with Crippen LogP contribution in [0.3, 0.4) is 0 Å². The van der Waals surface area contributed by atoms with Gasteiger partial charge in [-0.3, -0.25) is 9.89 Å². The number of benzene rings is 2. The summed E-state index contributed by atoms with van der Waals surface area (Å²) >= 11 is 0. The molecular formula is C20H19F2N3O2. The van der Waals surface area contributed by atoms with Gasteiger partial charge in [0.25, 0.3) is 0 Å². The summed E-state index contributed by atoms with van der Waals surface area (Å²) in [6.07, 6.45) is 3.81. The number of carbonyl (C=O) groups excluding carboxylic acids is 1. The molecule has 1 amide bonds. The molecule has 140 valence electrons. The molecule has 0 spiro atoms. The molecule has 5 nitrogen and oxygen atoms in total. The Kier molecular flexibility index (Phi) is 5.93. The van der Waals surface area contributed by atoms with Gasteiger partial charge in [-0.1, -0.05) is 18.2 Å². The highest BCUT2D eigenvalue weighted by Gasteiger charge is 2.13. The minimum Gasteiger partial charge on any atom is -0.393 e. The first-order chi connectivity index (χ1) is 13.1. The van der Waals surface area contributed by atoms with Crippen molar-refractivity contribution in [3.63, 3.8) is 0 Å². The number of nitrogens with one attached hydrogen (secondary N) is 2. The van der Waals surface area contributed by atoms with Crippen LogP contribution in [0, 0.1) is 11.6 Å². The molecule has 0 radical (unpaired) electrons. The summed E-state index contributed by atoms with van der Waals surface area (Å²) in [5, 5.41) is 20.2. The number of hydrogen-bond donors (Lipinski definition) is 3. The Morgan fingerprint density at radius 3 is 2.70 bits per heavy atom. The van der Waals surface area contributed by atoms with Crippen molar-refractivity contribution in [3.8, 4) is 0 Å². The third-order valence-corrected chi connectivity index (χ3v) is 4.22. The highest BCUT2D eigenvalue weighted by atomic mass is 19.1. The number of nitrogens with zero attached hydrogens (tertiary/aromatic N) is 1. The van der Waals surface area contributed by atoms with Crippen molar-refractivity contribution in [1.82, 2.24) is 15.5 Å². The normalized spacial score (nSPS) is 12.6. The number of carbonyl (C=O) groups is 1. The smallest absolute Gasteiger partial charge is 0.207 e. The summed E-state index contributed by atoms with van der Waals surface area (Å²) in [5.74, 6) is -0.734. The number of aliphatic hydroxyl groups excluding tert-OH is 1. The van der Waals surface area contributed by atoms with E-state index in [0.717, 1.165) is 10.9 Å². The van der Waals surface area contributed by atoms with E-state index in [-0.39, 0.29) is 12.2 Å². The van der Waals surface area contributed by atoms with Crippen LogP contribution in [0.15, 0.2) is 36.4 Å². The minimum absolute atomic E-state index is 0.134. The van der Waals surface area contributed by atoms with Crippen LogP contribution in [0.2, 0.25) is 0 Å². The molecular weight excluding hydrogens is 352 g/mol. The van der Waals surface area contributed by atoms with Crippen LogP contribution < -0.4 is 5.32 Å². The van der Waals surface area contributed by atoms with Gasteiger partial charge in [0.15, 0.2) is 0 Å². The number of amides is 1. The van der Waals surface area contributed by atoms with Crippen molar-refractivity contribution in [1.29, 1.82) is 0 Å². The lowest BCUT2D eigenvalue weighted by atomic mass is 10.0. The lowest BCUT2D eigenvalue weighted by Crippen LogP contribution is -2.20. The average molecular weight is 371 g/mol. The standard InChI is InChI=1S/C20H19F2N3O2/c21-15-4-1-13(2-5-15)3-6-19-17-10-14(9-16(27)7-8-23-12-26)18(22)11-20(17)25-24-19/h1-6,10-12,16,27H,7-9H2,(H,23,26)(H,24,25)/b6-3+. The van der Waals surface area contributed by atoms with Gasteiger partial charge in [-0.25, -0.2) is 8.78 Å². The lowest BCUT2D eigenvalue weighted by molar-refractivity contribution is -0.109. The minimum atomic E-state index is -0.769. The van der Waals surface area contributed by atoms with Gasteiger partial charge >= 0.3 is 0 Å². The van der Waals surface area contributed by atoms with Gasteiger partial charge < -0.3 is 10.4 Å². The van der Waals surface area contributed by atoms with E-state index in [0.29, 0.717) is 36.1 Å². The molecule has 0 bridgehead atoms. The number of fused-ring (bicyclic) bond motifs is 1. The Labute approximate surface area is 154 Å². The zero-order valence-electron chi connectivity index (χ0n) is 14.5. The highest BCUT2D eigenvalue weighted by molar-refractivity contribution is 5.89. The maximum atomic E-state index is 14.3. The SMILES string of the molecule is O=CNCCC(O)Cc1cc2c(/C=C/c3ccc(F)cc3)n[nH]c2cc1F. The van der Waals surface area contributed by atoms with Crippen molar-refractivity contribution in [2.45, 2.75) is 18.9 Å². The number of H-pyrrole nitrogens is 1. The van der Waals surface area contributed by atoms with E-state index in [1.807, 2.05) is 0 Å². The molecule has 0 fully saturated rings. The predicted molar refractivity (Wildman–Crippen MR) is 99.8 cm³/mol. The van der Waals surface area contributed by atoms with E-state index >= 15 is 0 Å². The maximum absolute atomic E-state index is 14.3. The molecule has 7 heteroatoms. The Balaban J connectivity index is 1.81. The van der Waals surface area contributed by atoms with Gasteiger partial charge in [-0.05, 0) is 47.9 Å². The van der Waals surface area contributed by atoms with Crippen LogP contribution in [0.4, 0.5) is 8.78 Å². The predicted octanol–water partition coefficient (Wildman–Crippen LogP) is 3.05. The first-order valence-corrected chi connectivity index (χ1v) is 8.52. The first-order valence-electron chi connectivity index (χ1n) is 8.52. The molecule has 1 aromatic heterocycles. The lowest BCUT2D eigenvalue weighted by Gasteiger charge is -2.11. The molecule has 2 aromatic carbocycles. The van der Waals surface area contributed by atoms with Gasteiger partial charge in [-0.15, -0.1) is 0 Å². The molecule has 0 saturated heterocycles. The van der Waals surface area contributed by atoms with Crippen LogP contribution >= 0.6 is 0 Å². The third kappa shape index (κ3) is 4.77. The number of aromatic nitrogens is 2. The molecule has 1 heterocycles. The Bertz CT molecular complexity index is 952. The summed E-state index contributed by atoms with van der Waals surface area (Å²) in [6, 6.07) is 9.05. The van der Waals surface area contributed by atoms with Crippen molar-refractivity contribution >= 4 is 29.5 Å². The van der Waals surface area contributed by atoms with Gasteiger partial charge in [0.05, 0.1) is 17.3 Å². The first kappa shape index (κ1) is 18.7. The van der Waals surface area contributed by atoms with Crippen LogP contribution in [0.25, 0.3) is 23.1 Å². The number of rotatable bonds is 8. The van der Waals surface area contributed by atoms with Gasteiger partial charge in [0.2, 0.25) is 6.41 Å². The van der Waals surface area contributed by atoms with E-state index in [4.69, 9.17) is 0 Å². The maximum Gasteiger partial charge on any atom is 0.207 e. The molecule has 3 aromatic rings. The molecule has 3 rings (SSSR count). The largest absolute Gasteiger partial charge is 0.393 e. The second-order valence-electron chi connectivity index (χ2n) is 6.20. The van der Waals surface area contributed by atoms with Crippen molar-refractivity contribution in [2.75, 3.05) is 6.54 Å². The Morgan fingerprint density at radius 2 is 1.96 bits per heavy atom. The fourth-order valence-corrected chi connectivity index (χ4v) is 2.80. The molecule has 1 atom stereocenters. The van der Waals surface area contributed by atoms with Gasteiger partial charge in [-0.2, -0.15) is 5.10 Å². The Morgan fingerprint density at radius 1 is 1.19 bits per heavy atom. The fourth-order valence-electron chi connectivity index (χ4n) is 2.80. The van der Waals surface area contributed by atoms with Crippen molar-refractivity contribution in [2.24, 2.45) is 0 Å². The molecule has 27 heavy (non-hydrogen) atoms. The second-order valence-corrected chi connectivity index (χ2v) is 6.20. The highest BCUT2D eigenvalue weighted by Crippen LogP contribution is 2.23. The fraction of sp³-hybridized carbons (Fsp3) is 0.200. The second kappa shape index (κ2) is 8.55. The number of halogens is 2. The molecule has 0 saturated carbocycles. The monoisotopic (exact) mass is 371 g/mol. The molecule has 0 aliphatic heterocycles. The average Bonchev–Trinajstić information content (AvgIpc) is 3.03. The summed E-state index contributed by atoms with van der Waals surface area (Å²) in [6.45, 7) is 0.325. The zero-order valence-corrected chi connectivity index (χ0v) is 14.5. The van der Waals surface area contributed by atoms with E-state index in [9.17, 15) is 18.7 Å². The zero-order chi connectivity index (χ0) is 19.2. The summed E-state index contributed by atoms with van der Waals surface area (Å²) < 4.78 is 27.3. The van der Waals surface area contributed by atoms with Crippen LogP contribution in [-0.4, -0.2) is 34.4 Å². The summed E-state index contributed by atoms with van der Waals surface area (Å²) in [5.41, 5.74) is 2.35. The van der Waals surface area contributed by atoms with Crippen LogP contribution in [0.5, 0.6) is 0 Å². The van der Waals surface area contributed by atoms with E-state index in [2.05, 4.69) is 15.5 Å². The number of hydrogen-bond acceptors (Lipinski definition) is 3. The quantitative estimate of drug-likeness (QED) is 0.421. The van der Waals surface area contributed by atoms with Crippen molar-refractivity contribution in [3.05, 3.63) is 64.9 Å². The summed E-state index contributed by atoms with van der Waals surface area (Å²) in [7, 11) is 0. The molecule has 0 aliphatic carbocycles. The topological polar surface area (TPSA) is 78.0 Å². The van der Waals surface area contributed by atoms with Gasteiger partial charge in [0.1, 0.15) is 11.6 Å². The van der Waals surface area contributed by atoms with E-state index in [1.54, 1.807) is 30.4 Å². The third-order valence-electron chi connectivity index (χ3n) is 4.22. The van der Waals surface area contributed by atoms with Crippen molar-refractivity contribution < 1.29 is 18.7 Å². The van der Waals surface area contributed by atoms with Crippen LogP contribution in [-0.2, 0) is 11.2 Å². The molecule has 3 N–H and O–H groups in total. The molecule has 0 aliphatic rings.